The number of hydrogen-bond donors (Lipinski definition) is 1. The molecule has 2 aromatic heterocycles. The van der Waals surface area contributed by atoms with Crippen molar-refractivity contribution in [3.63, 3.8) is 0 Å². The first-order valence-corrected chi connectivity index (χ1v) is 11.4. The summed E-state index contributed by atoms with van der Waals surface area (Å²) in [6, 6.07) is 7.28. The number of hydrogen-bond acceptors (Lipinski definition) is 9. The predicted octanol–water partition coefficient (Wildman–Crippen LogP) is 2.40. The molecule has 0 spiro atoms. The Bertz CT molecular complexity index is 1160. The van der Waals surface area contributed by atoms with Crippen LogP contribution in [-0.4, -0.2) is 70.9 Å². The Hall–Kier alpha value is -2.75. The van der Waals surface area contributed by atoms with Gasteiger partial charge in [-0.05, 0) is 35.2 Å². The molecule has 5 heterocycles. The quantitative estimate of drug-likeness (QED) is 0.622. The summed E-state index contributed by atoms with van der Waals surface area (Å²) >= 11 is 1.64. The summed E-state index contributed by atoms with van der Waals surface area (Å²) in [7, 11) is 0. The highest BCUT2D eigenvalue weighted by atomic mass is 32.1. The highest BCUT2D eigenvalue weighted by molar-refractivity contribution is 7.17. The number of phenolic OH excluding ortho intramolecular Hbond substituents is 1. The minimum absolute atomic E-state index is 0.00492. The summed E-state index contributed by atoms with van der Waals surface area (Å²) in [5, 5.41) is 12.4. The molecule has 2 atom stereocenters. The van der Waals surface area contributed by atoms with E-state index < -0.39 is 0 Å². The van der Waals surface area contributed by atoms with Crippen LogP contribution in [0.1, 0.15) is 12.0 Å². The maximum atomic E-state index is 11.9. The molecule has 31 heavy (non-hydrogen) atoms. The Labute approximate surface area is 183 Å². The van der Waals surface area contributed by atoms with E-state index in [1.807, 2.05) is 17.5 Å². The zero-order valence-electron chi connectivity index (χ0n) is 16.9. The van der Waals surface area contributed by atoms with Crippen molar-refractivity contribution in [3.8, 4) is 17.1 Å². The van der Waals surface area contributed by atoms with Crippen molar-refractivity contribution in [1.29, 1.82) is 0 Å². The molecule has 0 radical (unpaired) electrons. The van der Waals surface area contributed by atoms with Gasteiger partial charge >= 0.3 is 5.97 Å². The Kier molecular flexibility index (Phi) is 4.55. The van der Waals surface area contributed by atoms with Crippen LogP contribution in [0, 0.1) is 0 Å². The lowest BCUT2D eigenvalue weighted by Crippen LogP contribution is -2.39. The summed E-state index contributed by atoms with van der Waals surface area (Å²) < 4.78 is 11.9. The maximum absolute atomic E-state index is 11.9. The number of fused-ring (bicyclic) bond motifs is 3. The van der Waals surface area contributed by atoms with E-state index in [9.17, 15) is 9.90 Å². The molecule has 6 rings (SSSR count). The zero-order chi connectivity index (χ0) is 20.9. The molecule has 1 aromatic carbocycles. The van der Waals surface area contributed by atoms with E-state index in [1.165, 1.54) is 0 Å². The van der Waals surface area contributed by atoms with Crippen LogP contribution in [-0.2, 0) is 20.8 Å². The number of rotatable bonds is 4. The predicted molar refractivity (Wildman–Crippen MR) is 116 cm³/mol. The fourth-order valence-corrected chi connectivity index (χ4v) is 5.55. The molecule has 3 fully saturated rings. The van der Waals surface area contributed by atoms with E-state index in [0.29, 0.717) is 25.6 Å². The van der Waals surface area contributed by atoms with Crippen LogP contribution in [0.3, 0.4) is 0 Å². The van der Waals surface area contributed by atoms with Gasteiger partial charge in [-0.3, -0.25) is 9.69 Å². The van der Waals surface area contributed by atoms with Crippen molar-refractivity contribution in [2.75, 3.05) is 37.7 Å². The van der Waals surface area contributed by atoms with Gasteiger partial charge < -0.3 is 19.5 Å². The summed E-state index contributed by atoms with van der Waals surface area (Å²) in [6.45, 7) is 4.27. The lowest BCUT2D eigenvalue weighted by Gasteiger charge is -2.28. The summed E-state index contributed by atoms with van der Waals surface area (Å²) in [4.78, 5) is 26.0. The number of nitrogens with zero attached hydrogens (tertiary/aromatic N) is 4. The Morgan fingerprint density at radius 3 is 2.87 bits per heavy atom. The third kappa shape index (κ3) is 3.42. The number of carbonyl (C=O) groups is 1. The fraction of sp³-hybridized carbons (Fsp3) is 0.409. The lowest BCUT2D eigenvalue weighted by atomic mass is 10.1. The minimum Gasteiger partial charge on any atom is -0.508 e. The van der Waals surface area contributed by atoms with Gasteiger partial charge in [-0.1, -0.05) is 0 Å². The standard InChI is InChI=1S/C22H22N4O4S/c27-15-8-13(11-26-12-16-10-18(26)22(28)30-16)7-14(9-15)20-23-17-1-6-31-19(17)21(24-20)25-2-4-29-5-3-25/h1,6-9,16,18,27H,2-5,10-12H2/t16-,18+/m0/s1. The molecule has 0 amide bonds. The number of benzene rings is 1. The van der Waals surface area contributed by atoms with Crippen LogP contribution in [0.25, 0.3) is 21.6 Å². The van der Waals surface area contributed by atoms with E-state index in [1.54, 1.807) is 23.5 Å². The van der Waals surface area contributed by atoms with Gasteiger partial charge in [0.2, 0.25) is 0 Å². The van der Waals surface area contributed by atoms with Crippen molar-refractivity contribution >= 4 is 33.3 Å². The molecule has 0 unspecified atom stereocenters. The topological polar surface area (TPSA) is 88.0 Å². The van der Waals surface area contributed by atoms with Gasteiger partial charge in [0.05, 0.1) is 23.4 Å². The largest absolute Gasteiger partial charge is 0.508 e. The molecule has 2 bridgehead atoms. The van der Waals surface area contributed by atoms with Crippen LogP contribution in [0.4, 0.5) is 5.82 Å². The van der Waals surface area contributed by atoms with Gasteiger partial charge in [0.15, 0.2) is 11.6 Å². The van der Waals surface area contributed by atoms with Crippen LogP contribution in [0.2, 0.25) is 0 Å². The van der Waals surface area contributed by atoms with E-state index in [0.717, 1.165) is 53.2 Å². The first-order chi connectivity index (χ1) is 15.1. The second-order valence-electron chi connectivity index (χ2n) is 8.23. The van der Waals surface area contributed by atoms with E-state index in [-0.39, 0.29) is 23.9 Å². The number of phenols is 1. The number of aromatic nitrogens is 2. The van der Waals surface area contributed by atoms with Crippen LogP contribution < -0.4 is 4.90 Å². The van der Waals surface area contributed by atoms with Crippen molar-refractivity contribution in [1.82, 2.24) is 14.9 Å². The highest BCUT2D eigenvalue weighted by Crippen LogP contribution is 2.34. The molecule has 1 N–H and O–H groups in total. The van der Waals surface area contributed by atoms with E-state index in [2.05, 4.69) is 9.80 Å². The molecule has 3 saturated heterocycles. The first kappa shape index (κ1) is 19.0. The molecule has 160 valence electrons. The normalized spacial score (nSPS) is 23.6. The number of thiophene rings is 1. The van der Waals surface area contributed by atoms with Crippen molar-refractivity contribution in [2.45, 2.75) is 25.1 Å². The minimum atomic E-state index is -0.179. The van der Waals surface area contributed by atoms with Gasteiger partial charge in [-0.15, -0.1) is 11.3 Å². The van der Waals surface area contributed by atoms with Gasteiger partial charge in [0.25, 0.3) is 0 Å². The molecule has 3 aromatic rings. The molecule has 3 aliphatic heterocycles. The number of esters is 1. The number of aromatic hydroxyl groups is 1. The van der Waals surface area contributed by atoms with Gasteiger partial charge in [-0.2, -0.15) is 0 Å². The van der Waals surface area contributed by atoms with Gasteiger partial charge in [-0.25, -0.2) is 9.97 Å². The Morgan fingerprint density at radius 2 is 2.06 bits per heavy atom. The molecular weight excluding hydrogens is 416 g/mol. The van der Waals surface area contributed by atoms with Crippen molar-refractivity contribution in [2.24, 2.45) is 0 Å². The third-order valence-corrected chi connectivity index (χ3v) is 7.04. The van der Waals surface area contributed by atoms with Crippen LogP contribution in [0.5, 0.6) is 5.75 Å². The summed E-state index contributed by atoms with van der Waals surface area (Å²) in [5.74, 6) is 1.54. The van der Waals surface area contributed by atoms with E-state index in [4.69, 9.17) is 19.4 Å². The van der Waals surface area contributed by atoms with Crippen molar-refractivity contribution < 1.29 is 19.4 Å². The highest BCUT2D eigenvalue weighted by Gasteiger charge is 2.46. The molecular formula is C22H22N4O4S. The first-order valence-electron chi connectivity index (χ1n) is 10.5. The average Bonchev–Trinajstić information content (AvgIpc) is 3.48. The van der Waals surface area contributed by atoms with Gasteiger partial charge in [0, 0.05) is 38.2 Å². The van der Waals surface area contributed by atoms with Crippen molar-refractivity contribution in [3.05, 3.63) is 35.2 Å². The molecule has 3 aliphatic rings. The summed E-state index contributed by atoms with van der Waals surface area (Å²) in [6.07, 6.45) is 0.750. The maximum Gasteiger partial charge on any atom is 0.323 e. The SMILES string of the molecule is O=C1O[C@H]2C[C@H]1N(Cc1cc(O)cc(-c3nc(N4CCOCC4)c4sccc4n3)c1)C2. The fourth-order valence-electron chi connectivity index (χ4n) is 4.71. The number of morpholine rings is 2. The Morgan fingerprint density at radius 1 is 1.19 bits per heavy atom. The number of likely N-dealkylation sites (tertiary alicyclic amines) is 1. The zero-order valence-corrected chi connectivity index (χ0v) is 17.7. The summed E-state index contributed by atoms with van der Waals surface area (Å²) in [5.41, 5.74) is 2.60. The number of anilines is 1. The molecule has 9 heteroatoms. The molecule has 8 nitrogen and oxygen atoms in total. The Balaban J connectivity index is 1.35. The number of carbonyl (C=O) groups excluding carboxylic acids is 1. The molecule has 0 saturated carbocycles. The van der Waals surface area contributed by atoms with Gasteiger partial charge in [0.1, 0.15) is 17.9 Å². The smallest absolute Gasteiger partial charge is 0.323 e. The third-order valence-electron chi connectivity index (χ3n) is 6.14. The van der Waals surface area contributed by atoms with E-state index >= 15 is 0 Å². The average molecular weight is 439 g/mol. The monoisotopic (exact) mass is 438 g/mol. The second-order valence-corrected chi connectivity index (χ2v) is 9.15. The van der Waals surface area contributed by atoms with Crippen LogP contribution in [0.15, 0.2) is 29.6 Å². The van der Waals surface area contributed by atoms with Crippen LogP contribution >= 0.6 is 11.3 Å². The lowest BCUT2D eigenvalue weighted by molar-refractivity contribution is -0.151. The second kappa shape index (κ2) is 7.44. The number of ether oxygens (including phenoxy) is 2. The molecule has 0 aliphatic carbocycles.